The molecule has 3 aromatic rings. The molecule has 0 aliphatic heterocycles. The molecule has 1 aromatic carbocycles. The predicted molar refractivity (Wildman–Crippen MR) is 85.4 cm³/mol. The van der Waals surface area contributed by atoms with Crippen LogP contribution < -0.4 is 5.14 Å². The van der Waals surface area contributed by atoms with E-state index in [9.17, 15) is 8.42 Å². The molecule has 10 heteroatoms. The molecule has 2 heterocycles. The molecular formula is C13H15N5O3S2. The van der Waals surface area contributed by atoms with Crippen LogP contribution in [0, 0.1) is 6.92 Å². The number of thioether (sulfide) groups is 1. The molecule has 2 N–H and O–H groups in total. The van der Waals surface area contributed by atoms with Crippen molar-refractivity contribution in [2.45, 2.75) is 36.2 Å². The summed E-state index contributed by atoms with van der Waals surface area (Å²) < 4.78 is 29.9. The maximum atomic E-state index is 11.5. The van der Waals surface area contributed by atoms with E-state index in [-0.39, 0.29) is 4.90 Å². The van der Waals surface area contributed by atoms with Gasteiger partial charge in [-0.05, 0) is 25.1 Å². The van der Waals surface area contributed by atoms with Gasteiger partial charge >= 0.3 is 0 Å². The van der Waals surface area contributed by atoms with Crippen LogP contribution in [-0.4, -0.2) is 28.1 Å². The molecule has 0 amide bonds. The van der Waals surface area contributed by atoms with Crippen molar-refractivity contribution in [1.82, 2.24) is 19.7 Å². The zero-order chi connectivity index (χ0) is 16.6. The molecule has 0 saturated heterocycles. The highest BCUT2D eigenvalue weighted by Crippen LogP contribution is 2.27. The minimum atomic E-state index is -3.75. The highest BCUT2D eigenvalue weighted by atomic mass is 32.2. The molecule has 0 unspecified atom stereocenters. The average molecular weight is 353 g/mol. The summed E-state index contributed by atoms with van der Waals surface area (Å²) in [7, 11) is -3.75. The third-order valence-electron chi connectivity index (χ3n) is 3.23. The van der Waals surface area contributed by atoms with E-state index >= 15 is 0 Å². The molecule has 122 valence electrons. The molecule has 8 nitrogen and oxygen atoms in total. The van der Waals surface area contributed by atoms with Gasteiger partial charge in [0.2, 0.25) is 15.9 Å². The minimum Gasteiger partial charge on any atom is -0.340 e. The highest BCUT2D eigenvalue weighted by Gasteiger charge is 2.15. The molecule has 0 bridgehead atoms. The minimum absolute atomic E-state index is 0.0519. The Kier molecular flexibility index (Phi) is 4.13. The van der Waals surface area contributed by atoms with Crippen LogP contribution in [0.5, 0.6) is 0 Å². The number of fused-ring (bicyclic) bond motifs is 1. The lowest BCUT2D eigenvalue weighted by Crippen LogP contribution is -2.11. The Hall–Kier alpha value is -1.91. The van der Waals surface area contributed by atoms with Crippen LogP contribution in [0.2, 0.25) is 0 Å². The maximum absolute atomic E-state index is 11.5. The summed E-state index contributed by atoms with van der Waals surface area (Å²) in [6, 6.07) is 4.69. The van der Waals surface area contributed by atoms with Gasteiger partial charge in [0.15, 0.2) is 11.0 Å². The molecule has 0 aliphatic rings. The van der Waals surface area contributed by atoms with Gasteiger partial charge in [-0.1, -0.05) is 16.9 Å². The van der Waals surface area contributed by atoms with Crippen LogP contribution in [0.1, 0.15) is 18.6 Å². The summed E-state index contributed by atoms with van der Waals surface area (Å²) in [5.41, 5.74) is 1.44. The Morgan fingerprint density at radius 1 is 1.35 bits per heavy atom. The fourth-order valence-corrected chi connectivity index (χ4v) is 3.66. The summed E-state index contributed by atoms with van der Waals surface area (Å²) in [6.45, 7) is 4.44. The number of benzene rings is 1. The van der Waals surface area contributed by atoms with Crippen LogP contribution >= 0.6 is 11.8 Å². The van der Waals surface area contributed by atoms with Crippen LogP contribution in [0.25, 0.3) is 11.0 Å². The number of nitrogens with zero attached hydrogens (tertiary/aromatic N) is 4. The number of sulfonamides is 1. The summed E-state index contributed by atoms with van der Waals surface area (Å²) in [6.07, 6.45) is 0. The van der Waals surface area contributed by atoms with Crippen molar-refractivity contribution in [2.75, 3.05) is 0 Å². The van der Waals surface area contributed by atoms with E-state index in [1.54, 1.807) is 13.0 Å². The molecular weight excluding hydrogens is 338 g/mol. The van der Waals surface area contributed by atoms with Crippen LogP contribution in [0.3, 0.4) is 0 Å². The van der Waals surface area contributed by atoms with Gasteiger partial charge in [-0.15, -0.1) is 0 Å². The van der Waals surface area contributed by atoms with Crippen molar-refractivity contribution < 1.29 is 12.9 Å². The Morgan fingerprint density at radius 3 is 2.74 bits per heavy atom. The van der Waals surface area contributed by atoms with E-state index in [1.807, 2.05) is 11.5 Å². The number of hydrogen-bond donors (Lipinski definition) is 1. The van der Waals surface area contributed by atoms with Crippen LogP contribution in [0.15, 0.2) is 32.8 Å². The number of aryl methyl sites for hydroxylation is 2. The fraction of sp³-hybridized carbons (Fsp3) is 0.308. The second-order valence-corrected chi connectivity index (χ2v) is 7.36. The average Bonchev–Trinajstić information content (AvgIpc) is 3.06. The van der Waals surface area contributed by atoms with E-state index in [0.717, 1.165) is 10.7 Å². The van der Waals surface area contributed by atoms with Gasteiger partial charge in [0.1, 0.15) is 0 Å². The lowest BCUT2D eigenvalue weighted by atomic mass is 10.3. The number of nitrogens with two attached hydrogens (primary N) is 1. The van der Waals surface area contributed by atoms with Crippen molar-refractivity contribution in [3.63, 3.8) is 0 Å². The first kappa shape index (κ1) is 16.0. The Balaban J connectivity index is 1.96. The molecule has 0 fully saturated rings. The number of aromatic nitrogens is 4. The second-order valence-electron chi connectivity index (χ2n) is 4.85. The zero-order valence-corrected chi connectivity index (χ0v) is 14.2. The maximum Gasteiger partial charge on any atom is 0.238 e. The molecule has 3 rings (SSSR count). The van der Waals surface area contributed by atoms with Gasteiger partial charge in [0.25, 0.3) is 0 Å². The number of primary sulfonamides is 1. The van der Waals surface area contributed by atoms with Crippen molar-refractivity contribution in [1.29, 1.82) is 0 Å². The summed E-state index contributed by atoms with van der Waals surface area (Å²) in [5.74, 6) is 1.62. The first-order valence-corrected chi connectivity index (χ1v) is 9.36. The van der Waals surface area contributed by atoms with Gasteiger partial charge < -0.3 is 9.09 Å². The Bertz CT molecular complexity index is 961. The third kappa shape index (κ3) is 3.23. The largest absolute Gasteiger partial charge is 0.340 e. The molecule has 2 aromatic heterocycles. The number of imidazole rings is 1. The van der Waals surface area contributed by atoms with E-state index in [0.29, 0.717) is 29.5 Å². The SMILES string of the molecule is CCn1c(SCc2noc(C)n2)nc2cc(S(N)(=O)=O)ccc21. The summed E-state index contributed by atoms with van der Waals surface area (Å²) in [5, 5.41) is 9.78. The van der Waals surface area contributed by atoms with E-state index in [4.69, 9.17) is 9.66 Å². The topological polar surface area (TPSA) is 117 Å². The van der Waals surface area contributed by atoms with Gasteiger partial charge in [-0.2, -0.15) is 4.98 Å². The van der Waals surface area contributed by atoms with Crippen LogP contribution in [-0.2, 0) is 22.3 Å². The number of rotatable bonds is 5. The molecule has 0 aliphatic carbocycles. The van der Waals surface area contributed by atoms with Crippen molar-refractivity contribution >= 4 is 32.8 Å². The van der Waals surface area contributed by atoms with Gasteiger partial charge in [-0.3, -0.25) is 0 Å². The highest BCUT2D eigenvalue weighted by molar-refractivity contribution is 7.98. The molecule has 0 saturated carbocycles. The van der Waals surface area contributed by atoms with E-state index in [1.165, 1.54) is 23.9 Å². The zero-order valence-electron chi connectivity index (χ0n) is 12.6. The number of hydrogen-bond acceptors (Lipinski definition) is 7. The lowest BCUT2D eigenvalue weighted by molar-refractivity contribution is 0.389. The second kappa shape index (κ2) is 5.95. The monoisotopic (exact) mass is 353 g/mol. The molecule has 23 heavy (non-hydrogen) atoms. The van der Waals surface area contributed by atoms with E-state index in [2.05, 4.69) is 15.1 Å². The standard InChI is InChI=1S/C13H15N5O3S2/c1-3-18-11-5-4-9(23(14,19)20)6-10(11)16-13(18)22-7-12-15-8(2)21-17-12/h4-6H,3,7H2,1-2H3,(H2,14,19,20). The Labute approximate surface area is 137 Å². The van der Waals surface area contributed by atoms with Gasteiger partial charge in [0, 0.05) is 13.5 Å². The van der Waals surface area contributed by atoms with Crippen molar-refractivity contribution in [2.24, 2.45) is 5.14 Å². The Morgan fingerprint density at radius 2 is 2.13 bits per heavy atom. The van der Waals surface area contributed by atoms with Crippen molar-refractivity contribution in [3.8, 4) is 0 Å². The summed E-state index contributed by atoms with van der Waals surface area (Å²) >= 11 is 1.46. The van der Waals surface area contributed by atoms with Crippen LogP contribution in [0.4, 0.5) is 0 Å². The third-order valence-corrected chi connectivity index (χ3v) is 5.11. The van der Waals surface area contributed by atoms with E-state index < -0.39 is 10.0 Å². The lowest BCUT2D eigenvalue weighted by Gasteiger charge is -2.04. The molecule has 0 spiro atoms. The fourth-order valence-electron chi connectivity index (χ4n) is 2.21. The molecule has 0 radical (unpaired) electrons. The quantitative estimate of drug-likeness (QED) is 0.694. The normalized spacial score (nSPS) is 12.1. The summed E-state index contributed by atoms with van der Waals surface area (Å²) in [4.78, 5) is 8.70. The first-order chi connectivity index (χ1) is 10.9. The smallest absolute Gasteiger partial charge is 0.238 e. The van der Waals surface area contributed by atoms with Gasteiger partial charge in [-0.25, -0.2) is 18.5 Å². The van der Waals surface area contributed by atoms with Gasteiger partial charge in [0.05, 0.1) is 21.7 Å². The van der Waals surface area contributed by atoms with Crippen molar-refractivity contribution in [3.05, 3.63) is 29.9 Å². The first-order valence-electron chi connectivity index (χ1n) is 6.83. The molecule has 0 atom stereocenters. The predicted octanol–water partition coefficient (Wildman–Crippen LogP) is 1.69.